The summed E-state index contributed by atoms with van der Waals surface area (Å²) < 4.78 is 13.6. The second-order valence-corrected chi connectivity index (χ2v) is 11.0. The van der Waals surface area contributed by atoms with Gasteiger partial charge >= 0.3 is 0 Å². The van der Waals surface area contributed by atoms with Gasteiger partial charge in [-0.3, -0.25) is 4.68 Å². The van der Waals surface area contributed by atoms with Gasteiger partial charge in [0.15, 0.2) is 5.82 Å². The quantitative estimate of drug-likeness (QED) is 0.273. The van der Waals surface area contributed by atoms with E-state index >= 15 is 0 Å². The highest BCUT2D eigenvalue weighted by atomic mass is 35.5. The Balaban J connectivity index is 1.42. The van der Waals surface area contributed by atoms with Crippen LogP contribution in [0, 0.1) is 20.8 Å². The van der Waals surface area contributed by atoms with E-state index in [2.05, 4.69) is 19.8 Å². The van der Waals surface area contributed by atoms with Crippen molar-refractivity contribution in [3.8, 4) is 28.4 Å². The summed E-state index contributed by atoms with van der Waals surface area (Å²) in [6.45, 7) is 9.58. The monoisotopic (exact) mass is 548 g/mol. The molecule has 0 bridgehead atoms. The van der Waals surface area contributed by atoms with Crippen molar-refractivity contribution in [2.75, 3.05) is 11.5 Å². The number of aliphatic hydroxyl groups excluding tert-OH is 1. The van der Waals surface area contributed by atoms with Gasteiger partial charge in [-0.1, -0.05) is 30.1 Å². The molecule has 4 aromatic rings. The van der Waals surface area contributed by atoms with E-state index in [4.69, 9.17) is 30.8 Å². The number of aliphatic hydroxyl groups is 1. The van der Waals surface area contributed by atoms with Crippen LogP contribution in [0.15, 0.2) is 28.9 Å². The van der Waals surface area contributed by atoms with Crippen LogP contribution in [0.4, 0.5) is 5.82 Å². The third-order valence-corrected chi connectivity index (χ3v) is 7.84. The van der Waals surface area contributed by atoms with Crippen LogP contribution in [0.3, 0.4) is 0 Å². The van der Waals surface area contributed by atoms with Crippen molar-refractivity contribution in [3.63, 3.8) is 0 Å². The van der Waals surface area contributed by atoms with Gasteiger partial charge in [-0.25, -0.2) is 9.97 Å². The molecule has 1 aliphatic heterocycles. The Morgan fingerprint density at radius 1 is 1.18 bits per heavy atom. The molecule has 1 N–H and O–H groups in total. The summed E-state index contributed by atoms with van der Waals surface area (Å²) in [5, 5.41) is 19.5. The van der Waals surface area contributed by atoms with Crippen LogP contribution in [0.5, 0.6) is 5.75 Å². The highest BCUT2D eigenvalue weighted by Gasteiger charge is 2.33. The number of hydrogen-bond donors (Lipinski definition) is 1. The van der Waals surface area contributed by atoms with Crippen LogP contribution in [0.1, 0.15) is 66.9 Å². The van der Waals surface area contributed by atoms with Crippen LogP contribution in [-0.2, 0) is 13.1 Å². The molecule has 1 aliphatic carbocycles. The Hall–Kier alpha value is -3.43. The van der Waals surface area contributed by atoms with Crippen molar-refractivity contribution < 1.29 is 14.4 Å². The summed E-state index contributed by atoms with van der Waals surface area (Å²) in [7, 11) is 0. The lowest BCUT2D eigenvalue weighted by Crippen LogP contribution is -2.20. The first-order chi connectivity index (χ1) is 18.8. The lowest BCUT2D eigenvalue weighted by molar-refractivity contribution is 0.0994. The molecule has 3 aromatic heterocycles. The molecule has 1 saturated carbocycles. The highest BCUT2D eigenvalue weighted by Crippen LogP contribution is 2.41. The summed E-state index contributed by atoms with van der Waals surface area (Å²) in [6.07, 6.45) is 5.42. The SMILES string of the molecule is CCC[C@@H](O)COc1ccc(Cl)c(-c2nc(-c3c(C)noc3C)c(C)c(N3Cc4cnn(C5CC5)c4C3)n2)c1. The Morgan fingerprint density at radius 3 is 2.72 bits per heavy atom. The molecule has 6 rings (SSSR count). The Kier molecular flexibility index (Phi) is 6.81. The van der Waals surface area contributed by atoms with Gasteiger partial charge in [0.25, 0.3) is 0 Å². The van der Waals surface area contributed by atoms with E-state index in [1.807, 2.05) is 40.0 Å². The van der Waals surface area contributed by atoms with Crippen LogP contribution in [-0.4, -0.2) is 42.7 Å². The third-order valence-electron chi connectivity index (χ3n) is 7.51. The van der Waals surface area contributed by atoms with Crippen LogP contribution in [0.25, 0.3) is 22.6 Å². The van der Waals surface area contributed by atoms with Gasteiger partial charge in [0.1, 0.15) is 23.9 Å². The number of fused-ring (bicyclic) bond motifs is 1. The van der Waals surface area contributed by atoms with Gasteiger partial charge in [-0.15, -0.1) is 0 Å². The Bertz CT molecular complexity index is 1510. The van der Waals surface area contributed by atoms with Crippen molar-refractivity contribution in [2.24, 2.45) is 0 Å². The number of nitrogens with zero attached hydrogens (tertiary/aromatic N) is 6. The van der Waals surface area contributed by atoms with E-state index in [0.29, 0.717) is 40.4 Å². The topological polar surface area (TPSA) is 102 Å². The van der Waals surface area contributed by atoms with Gasteiger partial charge < -0.3 is 19.3 Å². The maximum Gasteiger partial charge on any atom is 0.163 e. The fraction of sp³-hybridized carbons (Fsp3) is 0.448. The largest absolute Gasteiger partial charge is 0.491 e. The number of benzene rings is 1. The van der Waals surface area contributed by atoms with Crippen molar-refractivity contribution in [1.82, 2.24) is 24.9 Å². The smallest absolute Gasteiger partial charge is 0.163 e. The van der Waals surface area contributed by atoms with Crippen molar-refractivity contribution in [3.05, 3.63) is 57.7 Å². The fourth-order valence-electron chi connectivity index (χ4n) is 5.33. The predicted molar refractivity (Wildman–Crippen MR) is 149 cm³/mol. The maximum atomic E-state index is 10.1. The zero-order valence-corrected chi connectivity index (χ0v) is 23.5. The van der Waals surface area contributed by atoms with Crippen LogP contribution < -0.4 is 9.64 Å². The highest BCUT2D eigenvalue weighted by molar-refractivity contribution is 6.33. The van der Waals surface area contributed by atoms with E-state index in [9.17, 15) is 5.11 Å². The molecule has 39 heavy (non-hydrogen) atoms. The first kappa shape index (κ1) is 25.8. The van der Waals surface area contributed by atoms with Crippen molar-refractivity contribution >= 4 is 17.4 Å². The first-order valence-corrected chi connectivity index (χ1v) is 13.9. The van der Waals surface area contributed by atoms with Crippen molar-refractivity contribution in [1.29, 1.82) is 0 Å². The summed E-state index contributed by atoms with van der Waals surface area (Å²) in [5.41, 5.74) is 6.52. The van der Waals surface area contributed by atoms with E-state index in [1.54, 1.807) is 12.1 Å². The molecule has 10 heteroatoms. The average Bonchev–Trinajstić information content (AvgIpc) is 3.41. The Morgan fingerprint density at radius 2 is 2.00 bits per heavy atom. The van der Waals surface area contributed by atoms with Gasteiger partial charge in [0.2, 0.25) is 0 Å². The number of aryl methyl sites for hydroxylation is 2. The first-order valence-electron chi connectivity index (χ1n) is 13.6. The summed E-state index contributed by atoms with van der Waals surface area (Å²) in [6, 6.07) is 5.95. The van der Waals surface area contributed by atoms with Crippen LogP contribution in [0.2, 0.25) is 5.02 Å². The molecule has 0 spiro atoms. The normalized spacial score (nSPS) is 15.6. The molecular formula is C29H33ClN6O3. The Labute approximate surface area is 232 Å². The molecule has 1 aromatic carbocycles. The number of aromatic nitrogens is 5. The number of hydrogen-bond acceptors (Lipinski definition) is 8. The van der Waals surface area contributed by atoms with Gasteiger partial charge in [-0.05, 0) is 58.2 Å². The molecular weight excluding hydrogens is 516 g/mol. The standard InChI is InChI=1S/C29H33ClN6O3/c1-5-6-21(37)15-38-22-9-10-24(30)23(11-22)28-32-27(26-17(3)34-39-18(26)4)16(2)29(33-28)35-13-19-12-31-36(20-7-8-20)25(19)14-35/h9-12,20-21,37H,5-8,13-15H2,1-4H3/t21-/m1/s1. The maximum absolute atomic E-state index is 10.1. The summed E-state index contributed by atoms with van der Waals surface area (Å²) in [4.78, 5) is 12.4. The fourth-order valence-corrected chi connectivity index (χ4v) is 5.53. The molecule has 2 aliphatic rings. The second-order valence-electron chi connectivity index (χ2n) is 10.6. The molecule has 204 valence electrons. The molecule has 0 radical (unpaired) electrons. The molecule has 0 saturated heterocycles. The minimum Gasteiger partial charge on any atom is -0.491 e. The van der Waals surface area contributed by atoms with E-state index in [-0.39, 0.29) is 6.61 Å². The summed E-state index contributed by atoms with van der Waals surface area (Å²) >= 11 is 6.71. The van der Waals surface area contributed by atoms with Gasteiger partial charge in [0.05, 0.1) is 52.6 Å². The number of anilines is 1. The van der Waals surface area contributed by atoms with Crippen LogP contribution >= 0.6 is 11.6 Å². The molecule has 1 fully saturated rings. The number of halogens is 1. The minimum atomic E-state index is -0.522. The zero-order valence-electron chi connectivity index (χ0n) is 22.7. The average molecular weight is 549 g/mol. The molecule has 9 nitrogen and oxygen atoms in total. The van der Waals surface area contributed by atoms with Crippen molar-refractivity contribution in [2.45, 2.75) is 78.6 Å². The third kappa shape index (κ3) is 4.89. The molecule has 4 heterocycles. The zero-order chi connectivity index (χ0) is 27.3. The van der Waals surface area contributed by atoms with E-state index in [0.717, 1.165) is 47.8 Å². The minimum absolute atomic E-state index is 0.212. The summed E-state index contributed by atoms with van der Waals surface area (Å²) in [5.74, 6) is 2.64. The van der Waals surface area contributed by atoms with E-state index < -0.39 is 6.10 Å². The molecule has 0 amide bonds. The lowest BCUT2D eigenvalue weighted by Gasteiger charge is -2.22. The number of ether oxygens (including phenoxy) is 1. The lowest BCUT2D eigenvalue weighted by atomic mass is 10.0. The molecule has 0 unspecified atom stereocenters. The second kappa shape index (κ2) is 10.3. The van der Waals surface area contributed by atoms with E-state index in [1.165, 1.54) is 24.1 Å². The number of rotatable bonds is 9. The predicted octanol–water partition coefficient (Wildman–Crippen LogP) is 5.97. The van der Waals surface area contributed by atoms with Gasteiger partial charge in [0, 0.05) is 23.2 Å². The molecule has 1 atom stereocenters. The van der Waals surface area contributed by atoms with Gasteiger partial charge in [-0.2, -0.15) is 5.10 Å².